The van der Waals surface area contributed by atoms with E-state index in [9.17, 15) is 14.0 Å². The Morgan fingerprint density at radius 3 is 2.63 bits per heavy atom. The zero-order valence-electron chi connectivity index (χ0n) is 20.3. The van der Waals surface area contributed by atoms with Gasteiger partial charge in [-0.25, -0.2) is 14.4 Å². The number of benzene rings is 2. The van der Waals surface area contributed by atoms with E-state index in [-0.39, 0.29) is 23.8 Å². The lowest BCUT2D eigenvalue weighted by molar-refractivity contribution is -0.120. The van der Waals surface area contributed by atoms with E-state index in [1.54, 1.807) is 54.7 Å². The molecule has 3 heterocycles. The third-order valence-corrected chi connectivity index (χ3v) is 6.04. The Morgan fingerprint density at radius 1 is 1.08 bits per heavy atom. The lowest BCUT2D eigenvalue weighted by Gasteiger charge is -2.28. The van der Waals surface area contributed by atoms with Gasteiger partial charge in [0.25, 0.3) is 11.8 Å². The Bertz CT molecular complexity index is 1580. The highest BCUT2D eigenvalue weighted by Gasteiger charge is 2.39. The summed E-state index contributed by atoms with van der Waals surface area (Å²) in [5.41, 5.74) is 8.27. The fraction of sp³-hybridized carbons (Fsp3) is 0.103. The van der Waals surface area contributed by atoms with Crippen LogP contribution in [0.1, 0.15) is 38.7 Å². The number of methoxy groups -OCH3 is 1. The molecular weight excluding hydrogens is 485 g/mol. The van der Waals surface area contributed by atoms with Gasteiger partial charge in [-0.3, -0.25) is 9.59 Å². The predicted octanol–water partition coefficient (Wildman–Crippen LogP) is 3.94. The standard InChI is InChI=1S/C29H22FN5O3/c1-38-24-11-10-21(30)15-23(24)27(28(36)34-26-4-2-3-13-32-26)35-17-20-9-7-18(14-22(20)29(35)37)5-6-19-8-12-25(31)33-16-19/h2-4,7-16,27H,17H2,1H3,(H2,31,33)(H,32,34,36)/t27-/m1/s1. The number of ether oxygens (including phenoxy) is 1. The van der Waals surface area contributed by atoms with Crippen LogP contribution in [0, 0.1) is 17.7 Å². The third kappa shape index (κ3) is 5.01. The maximum Gasteiger partial charge on any atom is 0.255 e. The number of halogens is 1. The molecule has 1 atom stereocenters. The molecule has 0 saturated carbocycles. The summed E-state index contributed by atoms with van der Waals surface area (Å²) in [5.74, 6) is 5.51. The zero-order valence-corrected chi connectivity index (χ0v) is 20.3. The Kier molecular flexibility index (Phi) is 6.70. The number of rotatable bonds is 5. The molecule has 0 radical (unpaired) electrons. The minimum atomic E-state index is -1.18. The van der Waals surface area contributed by atoms with Crippen LogP contribution in [0.5, 0.6) is 5.75 Å². The van der Waals surface area contributed by atoms with Crippen molar-refractivity contribution in [2.24, 2.45) is 0 Å². The molecule has 0 bridgehead atoms. The topological polar surface area (TPSA) is 110 Å². The molecule has 8 nitrogen and oxygen atoms in total. The normalized spacial score (nSPS) is 12.8. The van der Waals surface area contributed by atoms with Crippen molar-refractivity contribution in [3.05, 3.63) is 113 Å². The quantitative estimate of drug-likeness (QED) is 0.396. The highest BCUT2D eigenvalue weighted by atomic mass is 19.1. The molecule has 0 aliphatic carbocycles. The number of anilines is 2. The van der Waals surface area contributed by atoms with Crippen molar-refractivity contribution in [2.75, 3.05) is 18.2 Å². The highest BCUT2D eigenvalue weighted by molar-refractivity contribution is 6.04. The van der Waals surface area contributed by atoms with Crippen LogP contribution in [-0.4, -0.2) is 33.8 Å². The molecule has 4 aromatic rings. The summed E-state index contributed by atoms with van der Waals surface area (Å²) < 4.78 is 19.8. The molecule has 5 rings (SSSR count). The molecule has 0 saturated heterocycles. The summed E-state index contributed by atoms with van der Waals surface area (Å²) in [6, 6.07) is 16.5. The maximum atomic E-state index is 14.4. The summed E-state index contributed by atoms with van der Waals surface area (Å²) in [5, 5.41) is 2.73. The van der Waals surface area contributed by atoms with E-state index in [0.29, 0.717) is 28.3 Å². The van der Waals surface area contributed by atoms with Gasteiger partial charge in [0, 0.05) is 41.2 Å². The average molecular weight is 508 g/mol. The van der Waals surface area contributed by atoms with E-state index < -0.39 is 17.8 Å². The Balaban J connectivity index is 1.49. The smallest absolute Gasteiger partial charge is 0.255 e. The molecule has 2 aromatic carbocycles. The van der Waals surface area contributed by atoms with Crippen LogP contribution in [0.25, 0.3) is 0 Å². The van der Waals surface area contributed by atoms with Gasteiger partial charge >= 0.3 is 0 Å². The van der Waals surface area contributed by atoms with Crippen molar-refractivity contribution in [3.8, 4) is 17.6 Å². The number of nitrogens with one attached hydrogen (secondary N) is 1. The van der Waals surface area contributed by atoms with Crippen LogP contribution in [0.3, 0.4) is 0 Å². The van der Waals surface area contributed by atoms with E-state index in [4.69, 9.17) is 10.5 Å². The highest BCUT2D eigenvalue weighted by Crippen LogP contribution is 2.37. The number of nitrogens with two attached hydrogens (primary N) is 1. The molecule has 1 aliphatic rings. The van der Waals surface area contributed by atoms with Gasteiger partial charge in [-0.05, 0) is 60.2 Å². The lowest BCUT2D eigenvalue weighted by Crippen LogP contribution is -2.38. The van der Waals surface area contributed by atoms with Gasteiger partial charge in [-0.15, -0.1) is 0 Å². The fourth-order valence-corrected chi connectivity index (χ4v) is 4.23. The number of pyridine rings is 2. The molecule has 9 heteroatoms. The first kappa shape index (κ1) is 24.5. The number of nitrogens with zero attached hydrogens (tertiary/aromatic N) is 3. The third-order valence-electron chi connectivity index (χ3n) is 6.04. The molecule has 2 amide bonds. The second kappa shape index (κ2) is 10.4. The van der Waals surface area contributed by atoms with Gasteiger partial charge in [-0.2, -0.15) is 0 Å². The minimum Gasteiger partial charge on any atom is -0.496 e. The van der Waals surface area contributed by atoms with Crippen LogP contribution < -0.4 is 15.8 Å². The number of carbonyl (C=O) groups excluding carboxylic acids is 2. The molecule has 2 aromatic heterocycles. The van der Waals surface area contributed by atoms with Crippen molar-refractivity contribution < 1.29 is 18.7 Å². The van der Waals surface area contributed by atoms with E-state index >= 15 is 0 Å². The number of hydrogen-bond acceptors (Lipinski definition) is 6. The number of amides is 2. The van der Waals surface area contributed by atoms with E-state index in [1.807, 2.05) is 0 Å². The monoisotopic (exact) mass is 507 g/mol. The van der Waals surface area contributed by atoms with E-state index in [1.165, 1.54) is 36.4 Å². The fourth-order valence-electron chi connectivity index (χ4n) is 4.23. The number of fused-ring (bicyclic) bond motifs is 1. The van der Waals surface area contributed by atoms with Gasteiger partial charge in [0.15, 0.2) is 0 Å². The average Bonchev–Trinajstić information content (AvgIpc) is 3.24. The second-order valence-corrected chi connectivity index (χ2v) is 8.52. The summed E-state index contributed by atoms with van der Waals surface area (Å²) >= 11 is 0. The Labute approximate surface area is 218 Å². The van der Waals surface area contributed by atoms with Crippen LogP contribution >= 0.6 is 0 Å². The van der Waals surface area contributed by atoms with E-state index in [2.05, 4.69) is 27.1 Å². The molecule has 0 spiro atoms. The van der Waals surface area contributed by atoms with Crippen LogP contribution in [0.4, 0.5) is 16.0 Å². The SMILES string of the molecule is COc1ccc(F)cc1[C@H](C(=O)Nc1ccccn1)N1Cc2ccc(C#Cc3ccc(N)nc3)cc2C1=O. The number of nitrogen functional groups attached to an aromatic ring is 1. The Hall–Kier alpha value is -5.23. The van der Waals surface area contributed by atoms with Crippen molar-refractivity contribution in [1.82, 2.24) is 14.9 Å². The largest absolute Gasteiger partial charge is 0.496 e. The van der Waals surface area contributed by atoms with Crippen LogP contribution in [-0.2, 0) is 11.3 Å². The van der Waals surface area contributed by atoms with Crippen molar-refractivity contribution >= 4 is 23.5 Å². The summed E-state index contributed by atoms with van der Waals surface area (Å²) in [6.45, 7) is 0.143. The molecule has 0 fully saturated rings. The van der Waals surface area contributed by atoms with Gasteiger partial charge in [-0.1, -0.05) is 24.0 Å². The van der Waals surface area contributed by atoms with Crippen LogP contribution in [0.15, 0.2) is 79.1 Å². The van der Waals surface area contributed by atoms with E-state index in [0.717, 1.165) is 5.56 Å². The van der Waals surface area contributed by atoms with Gasteiger partial charge < -0.3 is 20.7 Å². The predicted molar refractivity (Wildman–Crippen MR) is 140 cm³/mol. The number of hydrogen-bond donors (Lipinski definition) is 2. The minimum absolute atomic E-state index is 0.143. The maximum absolute atomic E-state index is 14.4. The van der Waals surface area contributed by atoms with Gasteiger partial charge in [0.1, 0.15) is 29.2 Å². The first-order chi connectivity index (χ1) is 18.4. The zero-order chi connectivity index (χ0) is 26.6. The second-order valence-electron chi connectivity index (χ2n) is 8.52. The first-order valence-corrected chi connectivity index (χ1v) is 11.7. The van der Waals surface area contributed by atoms with Gasteiger partial charge in [0.05, 0.1) is 7.11 Å². The summed E-state index contributed by atoms with van der Waals surface area (Å²) in [7, 11) is 1.42. The Morgan fingerprint density at radius 2 is 1.89 bits per heavy atom. The number of aromatic nitrogens is 2. The lowest BCUT2D eigenvalue weighted by atomic mass is 10.0. The molecule has 0 unspecified atom stereocenters. The number of carbonyl (C=O) groups is 2. The first-order valence-electron chi connectivity index (χ1n) is 11.7. The molecule has 3 N–H and O–H groups in total. The summed E-state index contributed by atoms with van der Waals surface area (Å²) in [4.78, 5) is 36.8. The molecular formula is C29H22FN5O3. The molecule has 38 heavy (non-hydrogen) atoms. The molecule has 188 valence electrons. The van der Waals surface area contributed by atoms with Crippen LogP contribution in [0.2, 0.25) is 0 Å². The van der Waals surface area contributed by atoms with Crippen molar-refractivity contribution in [3.63, 3.8) is 0 Å². The van der Waals surface area contributed by atoms with Crippen molar-refractivity contribution in [1.29, 1.82) is 0 Å². The summed E-state index contributed by atoms with van der Waals surface area (Å²) in [6.07, 6.45) is 3.10. The van der Waals surface area contributed by atoms with Gasteiger partial charge in [0.2, 0.25) is 0 Å². The van der Waals surface area contributed by atoms with Crippen molar-refractivity contribution in [2.45, 2.75) is 12.6 Å². The molecule has 1 aliphatic heterocycles.